The van der Waals surface area contributed by atoms with Crippen LogP contribution in [0.25, 0.3) is 0 Å². The summed E-state index contributed by atoms with van der Waals surface area (Å²) in [6, 6.07) is 2.00. The molecule has 0 saturated carbocycles. The highest BCUT2D eigenvalue weighted by Gasteiger charge is 2.13. The number of benzene rings is 1. The highest BCUT2D eigenvalue weighted by Crippen LogP contribution is 2.35. The van der Waals surface area contributed by atoms with E-state index in [2.05, 4.69) is 11.3 Å². The third-order valence-electron chi connectivity index (χ3n) is 1.64. The minimum atomic E-state index is -3.67. The zero-order valence-corrected chi connectivity index (χ0v) is 11.3. The second-order valence-electron chi connectivity index (χ2n) is 3.48. The minimum Gasteiger partial charge on any atom is -0.504 e. The molecule has 9 heteroatoms. The Kier molecular flexibility index (Phi) is 6.53. The molecule has 0 radical (unpaired) electrons. The molecule has 0 saturated heterocycles. The van der Waals surface area contributed by atoms with E-state index in [4.69, 9.17) is 19.9 Å². The lowest BCUT2D eigenvalue weighted by molar-refractivity contribution is 0.0548. The second kappa shape index (κ2) is 7.36. The van der Waals surface area contributed by atoms with Crippen LogP contribution >= 0.6 is 0 Å². The lowest BCUT2D eigenvalue weighted by atomic mass is 10.2. The Morgan fingerprint density at radius 2 is 1.70 bits per heavy atom. The SMILES string of the molecule is C=CCOC(=O)c1cc(O)c(O)c(O)c1.CS(=O)(=O)O. The Morgan fingerprint density at radius 3 is 2.05 bits per heavy atom. The molecule has 8 nitrogen and oxygen atoms in total. The van der Waals surface area contributed by atoms with E-state index in [1.54, 1.807) is 0 Å². The van der Waals surface area contributed by atoms with Crippen LogP contribution in [-0.2, 0) is 14.9 Å². The molecule has 0 spiro atoms. The van der Waals surface area contributed by atoms with Gasteiger partial charge in [0.05, 0.1) is 11.8 Å². The van der Waals surface area contributed by atoms with Gasteiger partial charge in [-0.15, -0.1) is 0 Å². The summed E-state index contributed by atoms with van der Waals surface area (Å²) in [4.78, 5) is 11.2. The molecule has 1 aromatic rings. The van der Waals surface area contributed by atoms with Crippen molar-refractivity contribution < 1.29 is 37.8 Å². The predicted molar refractivity (Wildman–Crippen MR) is 69.4 cm³/mol. The highest BCUT2D eigenvalue weighted by atomic mass is 32.2. The maximum atomic E-state index is 11.2. The molecule has 20 heavy (non-hydrogen) atoms. The number of aromatic hydroxyl groups is 3. The number of ether oxygens (including phenoxy) is 1. The summed E-state index contributed by atoms with van der Waals surface area (Å²) < 4.78 is 30.5. The molecule has 1 aromatic carbocycles. The van der Waals surface area contributed by atoms with E-state index in [1.165, 1.54) is 6.08 Å². The van der Waals surface area contributed by atoms with Gasteiger partial charge in [0, 0.05) is 0 Å². The molecule has 1 rings (SSSR count). The van der Waals surface area contributed by atoms with E-state index in [-0.39, 0.29) is 12.2 Å². The Hall–Kier alpha value is -2.26. The first-order valence-electron chi connectivity index (χ1n) is 5.01. The summed E-state index contributed by atoms with van der Waals surface area (Å²) in [7, 11) is -3.67. The fourth-order valence-electron chi connectivity index (χ4n) is 0.940. The number of phenols is 3. The molecule has 0 aromatic heterocycles. The molecule has 112 valence electrons. The summed E-state index contributed by atoms with van der Waals surface area (Å²) in [5, 5.41) is 27.3. The standard InChI is InChI=1S/C10H10O5.CH4O3S/c1-2-3-15-10(14)6-4-7(11)9(13)8(12)5-6;1-5(2,3)4/h2,4-5,11-13H,1,3H2;1H3,(H,2,3,4). The summed E-state index contributed by atoms with van der Waals surface area (Å²) in [6.07, 6.45) is 2.10. The Balaban J connectivity index is 0.000000621. The number of phenolic OH excluding ortho intramolecular Hbond substituents is 3. The largest absolute Gasteiger partial charge is 0.504 e. The number of rotatable bonds is 3. The van der Waals surface area contributed by atoms with Crippen LogP contribution in [0.3, 0.4) is 0 Å². The summed E-state index contributed by atoms with van der Waals surface area (Å²) >= 11 is 0. The molecule has 0 aliphatic rings. The number of esters is 1. The van der Waals surface area contributed by atoms with Crippen molar-refractivity contribution >= 4 is 16.1 Å². The van der Waals surface area contributed by atoms with Crippen LogP contribution in [0.2, 0.25) is 0 Å². The molecule has 0 unspecified atom stereocenters. The van der Waals surface area contributed by atoms with Gasteiger partial charge in [0.2, 0.25) is 0 Å². The molecule has 0 aliphatic carbocycles. The fraction of sp³-hybridized carbons (Fsp3) is 0.182. The van der Waals surface area contributed by atoms with E-state index < -0.39 is 33.3 Å². The van der Waals surface area contributed by atoms with Crippen LogP contribution < -0.4 is 0 Å². The molecule has 0 aliphatic heterocycles. The lowest BCUT2D eigenvalue weighted by Gasteiger charge is -2.05. The first kappa shape index (κ1) is 17.7. The van der Waals surface area contributed by atoms with E-state index in [0.717, 1.165) is 12.1 Å². The maximum absolute atomic E-state index is 11.2. The van der Waals surface area contributed by atoms with Crippen molar-refractivity contribution in [3.8, 4) is 17.2 Å². The zero-order chi connectivity index (χ0) is 15.9. The summed E-state index contributed by atoms with van der Waals surface area (Å²) in [6.45, 7) is 3.39. The third kappa shape index (κ3) is 7.24. The molecular formula is C11H14O8S. The predicted octanol–water partition coefficient (Wildman–Crippen LogP) is 0.650. The van der Waals surface area contributed by atoms with Crippen LogP contribution in [0.15, 0.2) is 24.8 Å². The van der Waals surface area contributed by atoms with Gasteiger partial charge >= 0.3 is 5.97 Å². The van der Waals surface area contributed by atoms with Crippen LogP contribution in [0.4, 0.5) is 0 Å². The van der Waals surface area contributed by atoms with Crippen molar-refractivity contribution in [1.82, 2.24) is 0 Å². The van der Waals surface area contributed by atoms with Crippen LogP contribution in [0.1, 0.15) is 10.4 Å². The summed E-state index contributed by atoms with van der Waals surface area (Å²) in [5.41, 5.74) is -0.0512. The average Bonchev–Trinajstić information content (AvgIpc) is 2.30. The van der Waals surface area contributed by atoms with Crippen molar-refractivity contribution in [3.63, 3.8) is 0 Å². The van der Waals surface area contributed by atoms with Crippen LogP contribution in [-0.4, -0.2) is 47.1 Å². The van der Waals surface area contributed by atoms with Crippen LogP contribution in [0.5, 0.6) is 17.2 Å². The molecule has 0 heterocycles. The third-order valence-corrected chi connectivity index (χ3v) is 1.64. The normalized spacial score (nSPS) is 10.1. The first-order chi connectivity index (χ1) is 9.06. The fourth-order valence-corrected chi connectivity index (χ4v) is 0.940. The average molecular weight is 306 g/mol. The van der Waals surface area contributed by atoms with Crippen molar-refractivity contribution in [1.29, 1.82) is 0 Å². The van der Waals surface area contributed by atoms with Gasteiger partial charge in [-0.3, -0.25) is 4.55 Å². The zero-order valence-electron chi connectivity index (χ0n) is 10.5. The lowest BCUT2D eigenvalue weighted by Crippen LogP contribution is -2.04. The van der Waals surface area contributed by atoms with Crippen molar-refractivity contribution in [2.75, 3.05) is 12.9 Å². The smallest absolute Gasteiger partial charge is 0.338 e. The van der Waals surface area contributed by atoms with Gasteiger partial charge in [-0.1, -0.05) is 12.7 Å². The molecule has 0 amide bonds. The monoisotopic (exact) mass is 306 g/mol. The molecular weight excluding hydrogens is 292 g/mol. The minimum absolute atomic E-state index is 0.0290. The number of hydrogen-bond donors (Lipinski definition) is 4. The Morgan fingerprint density at radius 1 is 1.30 bits per heavy atom. The van der Waals surface area contributed by atoms with Crippen LogP contribution in [0, 0.1) is 0 Å². The quantitative estimate of drug-likeness (QED) is 0.276. The van der Waals surface area contributed by atoms with E-state index in [1.807, 2.05) is 0 Å². The molecule has 4 N–H and O–H groups in total. The van der Waals surface area contributed by atoms with E-state index >= 15 is 0 Å². The van der Waals surface area contributed by atoms with Crippen molar-refractivity contribution in [3.05, 3.63) is 30.4 Å². The first-order valence-corrected chi connectivity index (χ1v) is 6.86. The van der Waals surface area contributed by atoms with Gasteiger partial charge in [-0.2, -0.15) is 8.42 Å². The summed E-state index contributed by atoms with van der Waals surface area (Å²) in [5.74, 6) is -2.56. The molecule has 0 atom stereocenters. The van der Waals surface area contributed by atoms with Gasteiger partial charge in [0.25, 0.3) is 10.1 Å². The molecule has 0 bridgehead atoms. The van der Waals surface area contributed by atoms with E-state index in [9.17, 15) is 13.2 Å². The molecule has 0 fully saturated rings. The van der Waals surface area contributed by atoms with Crippen molar-refractivity contribution in [2.24, 2.45) is 0 Å². The number of carbonyl (C=O) groups excluding carboxylic acids is 1. The van der Waals surface area contributed by atoms with Gasteiger partial charge < -0.3 is 20.1 Å². The highest BCUT2D eigenvalue weighted by molar-refractivity contribution is 7.85. The van der Waals surface area contributed by atoms with Gasteiger partial charge in [0.1, 0.15) is 6.61 Å². The number of hydrogen-bond acceptors (Lipinski definition) is 7. The maximum Gasteiger partial charge on any atom is 0.338 e. The van der Waals surface area contributed by atoms with E-state index in [0.29, 0.717) is 6.26 Å². The van der Waals surface area contributed by atoms with Gasteiger partial charge in [-0.25, -0.2) is 4.79 Å². The second-order valence-corrected chi connectivity index (χ2v) is 4.95. The number of carbonyl (C=O) groups is 1. The van der Waals surface area contributed by atoms with Crippen molar-refractivity contribution in [2.45, 2.75) is 0 Å². The van der Waals surface area contributed by atoms with Gasteiger partial charge in [0.15, 0.2) is 17.2 Å². The Labute approximate surface area is 115 Å². The Bertz CT molecular complexity index is 559. The topological polar surface area (TPSA) is 141 Å². The van der Waals surface area contributed by atoms with Gasteiger partial charge in [-0.05, 0) is 12.1 Å².